The van der Waals surface area contributed by atoms with Crippen LogP contribution >= 0.6 is 11.6 Å². The van der Waals surface area contributed by atoms with Gasteiger partial charge in [0.05, 0.1) is 12.1 Å². The molecule has 86 valence electrons. The maximum absolute atomic E-state index is 11.1. The summed E-state index contributed by atoms with van der Waals surface area (Å²) in [7, 11) is 1.54. The second-order valence-corrected chi connectivity index (χ2v) is 3.89. The first-order chi connectivity index (χ1) is 8.21. The first-order valence-corrected chi connectivity index (χ1v) is 5.29. The third kappa shape index (κ3) is 1.89. The topological polar surface area (TPSA) is 43.4 Å². The van der Waals surface area contributed by atoms with Gasteiger partial charge in [-0.1, -0.05) is 17.7 Å². The molecule has 0 unspecified atom stereocenters. The molecule has 0 atom stereocenters. The summed E-state index contributed by atoms with van der Waals surface area (Å²) in [4.78, 5) is 21.9. The van der Waals surface area contributed by atoms with Crippen molar-refractivity contribution in [2.45, 2.75) is 0 Å². The van der Waals surface area contributed by atoms with Crippen LogP contribution in [0.1, 0.15) is 20.7 Å². The van der Waals surface area contributed by atoms with Gasteiger partial charge >= 0.3 is 0 Å². The highest BCUT2D eigenvalue weighted by atomic mass is 35.5. The van der Waals surface area contributed by atoms with Crippen LogP contribution in [0.3, 0.4) is 0 Å². The van der Waals surface area contributed by atoms with E-state index in [2.05, 4.69) is 0 Å². The molecule has 0 radical (unpaired) electrons. The minimum Gasteiger partial charge on any atom is -0.497 e. The summed E-state index contributed by atoms with van der Waals surface area (Å²) in [6.07, 6.45) is 1.29. The number of methoxy groups -OCH3 is 1. The zero-order valence-corrected chi connectivity index (χ0v) is 9.82. The van der Waals surface area contributed by atoms with E-state index < -0.39 is 0 Å². The number of ether oxygens (including phenoxy) is 1. The second kappa shape index (κ2) is 4.55. The van der Waals surface area contributed by atoms with Crippen molar-refractivity contribution < 1.29 is 14.3 Å². The molecule has 0 aliphatic carbocycles. The number of fused-ring (bicyclic) bond motifs is 1. The van der Waals surface area contributed by atoms with E-state index >= 15 is 0 Å². The molecule has 0 fully saturated rings. The number of halogens is 1. The third-order valence-electron chi connectivity index (χ3n) is 2.60. The van der Waals surface area contributed by atoms with Crippen molar-refractivity contribution in [2.24, 2.45) is 0 Å². The standard InChI is InChI=1S/C13H9ClO3/c1-17-10-3-2-8-4-9(6-15)13(14)12(7-16)11(8)5-10/h2-7H,1H3. The molecule has 2 aromatic rings. The zero-order valence-electron chi connectivity index (χ0n) is 9.07. The Labute approximate surface area is 103 Å². The van der Waals surface area contributed by atoms with Gasteiger partial charge in [-0.25, -0.2) is 0 Å². The van der Waals surface area contributed by atoms with Crippen LogP contribution in [0, 0.1) is 0 Å². The maximum Gasteiger partial charge on any atom is 0.152 e. The highest BCUT2D eigenvalue weighted by Crippen LogP contribution is 2.30. The van der Waals surface area contributed by atoms with E-state index in [1.54, 1.807) is 31.4 Å². The van der Waals surface area contributed by atoms with Crippen LogP contribution in [0.5, 0.6) is 5.75 Å². The van der Waals surface area contributed by atoms with Crippen molar-refractivity contribution >= 4 is 34.9 Å². The number of carbonyl (C=O) groups is 2. The number of hydrogen-bond donors (Lipinski definition) is 0. The van der Waals surface area contributed by atoms with Gasteiger partial charge in [0.1, 0.15) is 5.75 Å². The van der Waals surface area contributed by atoms with Crippen LogP contribution in [0.4, 0.5) is 0 Å². The minimum atomic E-state index is 0.177. The highest BCUT2D eigenvalue weighted by molar-refractivity contribution is 6.37. The molecule has 0 bridgehead atoms. The van der Waals surface area contributed by atoms with E-state index in [1.807, 2.05) is 0 Å². The van der Waals surface area contributed by atoms with E-state index in [0.29, 0.717) is 34.8 Å². The lowest BCUT2D eigenvalue weighted by Gasteiger charge is -2.08. The van der Waals surface area contributed by atoms with Crippen molar-refractivity contribution in [3.05, 3.63) is 40.4 Å². The predicted molar refractivity (Wildman–Crippen MR) is 66.3 cm³/mol. The van der Waals surface area contributed by atoms with Gasteiger partial charge in [-0.2, -0.15) is 0 Å². The molecule has 2 rings (SSSR count). The molecule has 0 spiro atoms. The molecular formula is C13H9ClO3. The van der Waals surface area contributed by atoms with E-state index in [1.165, 1.54) is 0 Å². The third-order valence-corrected chi connectivity index (χ3v) is 3.02. The normalized spacial score (nSPS) is 10.2. The summed E-state index contributed by atoms with van der Waals surface area (Å²) in [5, 5.41) is 1.63. The second-order valence-electron chi connectivity index (χ2n) is 3.52. The molecular weight excluding hydrogens is 240 g/mol. The molecule has 0 aliphatic heterocycles. The summed E-state index contributed by atoms with van der Waals surface area (Å²) in [5.74, 6) is 0.635. The molecule has 0 aliphatic rings. The number of aldehydes is 2. The molecule has 0 amide bonds. The number of hydrogen-bond acceptors (Lipinski definition) is 3. The number of benzene rings is 2. The van der Waals surface area contributed by atoms with Crippen molar-refractivity contribution in [1.29, 1.82) is 0 Å². The molecule has 3 nitrogen and oxygen atoms in total. The van der Waals surface area contributed by atoms with E-state index in [9.17, 15) is 9.59 Å². The van der Waals surface area contributed by atoms with Gasteiger partial charge in [0, 0.05) is 11.1 Å². The lowest BCUT2D eigenvalue weighted by Crippen LogP contribution is -1.93. The van der Waals surface area contributed by atoms with Gasteiger partial charge in [-0.05, 0) is 29.0 Å². The molecule has 0 N–H and O–H groups in total. The average molecular weight is 249 g/mol. The van der Waals surface area contributed by atoms with E-state index in [-0.39, 0.29) is 5.02 Å². The van der Waals surface area contributed by atoms with Gasteiger partial charge in [0.15, 0.2) is 12.6 Å². The van der Waals surface area contributed by atoms with Gasteiger partial charge in [0.25, 0.3) is 0 Å². The smallest absolute Gasteiger partial charge is 0.152 e. The first-order valence-electron chi connectivity index (χ1n) is 4.92. The Hall–Kier alpha value is -1.87. The Morgan fingerprint density at radius 1 is 1.18 bits per heavy atom. The fourth-order valence-electron chi connectivity index (χ4n) is 1.73. The van der Waals surface area contributed by atoms with Gasteiger partial charge < -0.3 is 4.74 Å². The van der Waals surface area contributed by atoms with Crippen molar-refractivity contribution in [3.8, 4) is 5.75 Å². The summed E-state index contributed by atoms with van der Waals surface area (Å²) in [6.45, 7) is 0. The molecule has 2 aromatic carbocycles. The Kier molecular flexibility index (Phi) is 3.11. The van der Waals surface area contributed by atoms with Crippen LogP contribution in [0.25, 0.3) is 10.8 Å². The fourth-order valence-corrected chi connectivity index (χ4v) is 1.97. The summed E-state index contributed by atoms with van der Waals surface area (Å²) in [6, 6.07) is 6.92. The van der Waals surface area contributed by atoms with Crippen molar-refractivity contribution in [1.82, 2.24) is 0 Å². The van der Waals surface area contributed by atoms with Crippen LogP contribution in [-0.2, 0) is 0 Å². The minimum absolute atomic E-state index is 0.177. The van der Waals surface area contributed by atoms with E-state index in [0.717, 1.165) is 5.39 Å². The van der Waals surface area contributed by atoms with E-state index in [4.69, 9.17) is 16.3 Å². The first kappa shape index (κ1) is 11.6. The fraction of sp³-hybridized carbons (Fsp3) is 0.0769. The van der Waals surface area contributed by atoms with Crippen molar-refractivity contribution in [3.63, 3.8) is 0 Å². The van der Waals surface area contributed by atoms with Crippen LogP contribution in [0.15, 0.2) is 24.3 Å². The predicted octanol–water partition coefficient (Wildman–Crippen LogP) is 3.13. The van der Waals surface area contributed by atoms with Crippen LogP contribution in [0.2, 0.25) is 5.02 Å². The largest absolute Gasteiger partial charge is 0.497 e. The molecule has 17 heavy (non-hydrogen) atoms. The Morgan fingerprint density at radius 3 is 2.53 bits per heavy atom. The Morgan fingerprint density at radius 2 is 1.94 bits per heavy atom. The summed E-state index contributed by atoms with van der Waals surface area (Å²) in [5.41, 5.74) is 0.622. The summed E-state index contributed by atoms with van der Waals surface area (Å²) < 4.78 is 5.09. The molecule has 0 aromatic heterocycles. The summed E-state index contributed by atoms with van der Waals surface area (Å²) >= 11 is 5.98. The number of rotatable bonds is 3. The van der Waals surface area contributed by atoms with Crippen LogP contribution < -0.4 is 4.74 Å². The molecule has 4 heteroatoms. The Bertz CT molecular complexity index is 605. The number of carbonyl (C=O) groups excluding carboxylic acids is 2. The maximum atomic E-state index is 11.1. The van der Waals surface area contributed by atoms with Crippen molar-refractivity contribution in [2.75, 3.05) is 7.11 Å². The SMILES string of the molecule is COc1ccc2cc(C=O)c(Cl)c(C=O)c2c1. The monoisotopic (exact) mass is 248 g/mol. The molecule has 0 heterocycles. The quantitative estimate of drug-likeness (QED) is 0.784. The highest BCUT2D eigenvalue weighted by Gasteiger charge is 2.11. The average Bonchev–Trinajstić information content (AvgIpc) is 2.37. The zero-order chi connectivity index (χ0) is 12.4. The molecule has 0 saturated heterocycles. The van der Waals surface area contributed by atoms with Gasteiger partial charge in [0.2, 0.25) is 0 Å². The van der Waals surface area contributed by atoms with Gasteiger partial charge in [-0.3, -0.25) is 9.59 Å². The van der Waals surface area contributed by atoms with Crippen LogP contribution in [-0.4, -0.2) is 19.7 Å². The Balaban J connectivity index is 2.88. The lowest BCUT2D eigenvalue weighted by molar-refractivity contribution is 0.112. The van der Waals surface area contributed by atoms with Gasteiger partial charge in [-0.15, -0.1) is 0 Å². The lowest BCUT2D eigenvalue weighted by atomic mass is 10.0. The molecule has 0 saturated carbocycles.